The predicted octanol–water partition coefficient (Wildman–Crippen LogP) is 4.92. The number of benzene rings is 2. The van der Waals surface area contributed by atoms with Crippen molar-refractivity contribution in [3.63, 3.8) is 0 Å². The molecule has 3 rings (SSSR count). The van der Waals surface area contributed by atoms with Gasteiger partial charge >= 0.3 is 6.09 Å². The fourth-order valence-electron chi connectivity index (χ4n) is 2.55. The molecule has 0 heterocycles. The summed E-state index contributed by atoms with van der Waals surface area (Å²) in [5.74, 6) is 0.559. The van der Waals surface area contributed by atoms with Gasteiger partial charge in [-0.05, 0) is 56.9 Å². The first-order valence-electron chi connectivity index (χ1n) is 8.33. The number of hydrogen-bond donors (Lipinski definition) is 1. The fourth-order valence-corrected chi connectivity index (χ4v) is 2.55. The molecule has 1 amide bonds. The molecule has 0 saturated heterocycles. The van der Waals surface area contributed by atoms with Gasteiger partial charge in [0.2, 0.25) is 0 Å². The summed E-state index contributed by atoms with van der Waals surface area (Å²) in [6.45, 7) is 6.90. The second-order valence-electron chi connectivity index (χ2n) is 5.92. The Morgan fingerprint density at radius 2 is 1.42 bits per heavy atom. The van der Waals surface area contributed by atoms with Crippen LogP contribution in [0.5, 0.6) is 5.75 Å². The van der Waals surface area contributed by atoms with E-state index in [1.165, 1.54) is 11.1 Å². The van der Waals surface area contributed by atoms with E-state index >= 15 is 0 Å². The van der Waals surface area contributed by atoms with Gasteiger partial charge in [-0.2, -0.15) is 0 Å². The maximum atomic E-state index is 10.9. The minimum Gasteiger partial charge on any atom is -0.410 e. The van der Waals surface area contributed by atoms with E-state index in [-0.39, 0.29) is 0 Å². The maximum Gasteiger partial charge on any atom is 0.412 e. The number of nitrogens with one attached hydrogen (secondary N) is 1. The van der Waals surface area contributed by atoms with E-state index in [0.29, 0.717) is 12.3 Å². The van der Waals surface area contributed by atoms with E-state index in [1.807, 2.05) is 25.1 Å². The minimum absolute atomic E-state index is 0.413. The van der Waals surface area contributed by atoms with Gasteiger partial charge in [0.25, 0.3) is 0 Å². The molecule has 126 valence electrons. The molecule has 2 aromatic rings. The van der Waals surface area contributed by atoms with Crippen molar-refractivity contribution in [3.05, 3.63) is 76.9 Å². The van der Waals surface area contributed by atoms with Crippen LogP contribution in [-0.2, 0) is 12.8 Å². The monoisotopic (exact) mass is 323 g/mol. The molecule has 0 radical (unpaired) electrons. The lowest BCUT2D eigenvalue weighted by molar-refractivity contribution is 0.201. The number of carbonyl (C=O) groups excluding carboxylic acids is 1. The molecule has 0 aromatic heterocycles. The molecule has 0 unspecified atom stereocenters. The zero-order chi connectivity index (χ0) is 17.4. The van der Waals surface area contributed by atoms with Crippen LogP contribution in [0.4, 0.5) is 4.79 Å². The maximum absolute atomic E-state index is 10.9. The average Bonchev–Trinajstić information content (AvgIpc) is 2.58. The summed E-state index contributed by atoms with van der Waals surface area (Å²) in [6, 6.07) is 17.7. The predicted molar refractivity (Wildman–Crippen MR) is 98.4 cm³/mol. The fraction of sp³-hybridized carbons (Fsp3) is 0.286. The number of para-hydroxylation sites is 1. The van der Waals surface area contributed by atoms with Gasteiger partial charge < -0.3 is 10.1 Å². The van der Waals surface area contributed by atoms with Crippen molar-refractivity contribution in [2.75, 3.05) is 6.54 Å². The van der Waals surface area contributed by atoms with Crippen LogP contribution < -0.4 is 10.1 Å². The Labute approximate surface area is 144 Å². The zero-order valence-electron chi connectivity index (χ0n) is 14.6. The van der Waals surface area contributed by atoms with Crippen LogP contribution in [0.25, 0.3) is 0 Å². The molecule has 1 aliphatic rings. The lowest BCUT2D eigenvalue weighted by atomic mass is 9.88. The summed E-state index contributed by atoms with van der Waals surface area (Å²) >= 11 is 0. The Bertz CT molecular complexity index is 672. The van der Waals surface area contributed by atoms with Crippen molar-refractivity contribution in [2.24, 2.45) is 0 Å². The molecular formula is C21H25NO2. The molecule has 0 fully saturated rings. The third-order valence-electron chi connectivity index (χ3n) is 4.03. The molecule has 1 aliphatic carbocycles. The average molecular weight is 323 g/mol. The number of amides is 1. The molecule has 0 bridgehead atoms. The topological polar surface area (TPSA) is 38.3 Å². The van der Waals surface area contributed by atoms with Gasteiger partial charge in [0.1, 0.15) is 5.75 Å². The first-order chi connectivity index (χ1) is 11.6. The van der Waals surface area contributed by atoms with Gasteiger partial charge in [-0.25, -0.2) is 4.79 Å². The van der Waals surface area contributed by atoms with E-state index in [4.69, 9.17) is 4.74 Å². The molecule has 0 atom stereocenters. The SMILES string of the molecule is CC1=C(C)Cc2ccccc2C1.CCNC(=O)Oc1ccccc1. The van der Waals surface area contributed by atoms with Gasteiger partial charge in [-0.3, -0.25) is 0 Å². The van der Waals surface area contributed by atoms with Crippen LogP contribution in [0.15, 0.2) is 65.7 Å². The van der Waals surface area contributed by atoms with Crippen molar-refractivity contribution in [3.8, 4) is 5.75 Å². The first kappa shape index (κ1) is 17.8. The third-order valence-corrected chi connectivity index (χ3v) is 4.03. The summed E-state index contributed by atoms with van der Waals surface area (Å²) in [4.78, 5) is 10.9. The normalized spacial score (nSPS) is 12.6. The molecular weight excluding hydrogens is 298 g/mol. The highest BCUT2D eigenvalue weighted by Gasteiger charge is 2.10. The van der Waals surface area contributed by atoms with Gasteiger partial charge in [0.05, 0.1) is 0 Å². The molecule has 0 spiro atoms. The smallest absolute Gasteiger partial charge is 0.410 e. The summed E-state index contributed by atoms with van der Waals surface area (Å²) in [5, 5.41) is 2.53. The third kappa shape index (κ3) is 5.27. The molecule has 0 aliphatic heterocycles. The number of hydrogen-bond acceptors (Lipinski definition) is 2. The molecule has 3 heteroatoms. The van der Waals surface area contributed by atoms with Gasteiger partial charge in [-0.1, -0.05) is 53.6 Å². The minimum atomic E-state index is -0.413. The Morgan fingerprint density at radius 3 is 1.92 bits per heavy atom. The largest absolute Gasteiger partial charge is 0.412 e. The van der Waals surface area contributed by atoms with Crippen LogP contribution in [0, 0.1) is 0 Å². The number of allylic oxidation sites excluding steroid dienone is 2. The van der Waals surface area contributed by atoms with Crippen molar-refractivity contribution >= 4 is 6.09 Å². The second kappa shape index (κ2) is 8.92. The van der Waals surface area contributed by atoms with Crippen LogP contribution in [-0.4, -0.2) is 12.6 Å². The summed E-state index contributed by atoms with van der Waals surface area (Å²) in [5.41, 5.74) is 6.13. The lowest BCUT2D eigenvalue weighted by Gasteiger charge is -2.18. The van der Waals surface area contributed by atoms with Crippen molar-refractivity contribution < 1.29 is 9.53 Å². The summed E-state index contributed by atoms with van der Waals surface area (Å²) in [6.07, 6.45) is 1.90. The van der Waals surface area contributed by atoms with E-state index in [1.54, 1.807) is 23.3 Å². The zero-order valence-corrected chi connectivity index (χ0v) is 14.6. The van der Waals surface area contributed by atoms with Gasteiger partial charge in [0.15, 0.2) is 0 Å². The van der Waals surface area contributed by atoms with Crippen molar-refractivity contribution in [1.82, 2.24) is 5.32 Å². The van der Waals surface area contributed by atoms with Crippen LogP contribution in [0.1, 0.15) is 31.9 Å². The van der Waals surface area contributed by atoms with Crippen LogP contribution in [0.3, 0.4) is 0 Å². The Morgan fingerprint density at radius 1 is 0.917 bits per heavy atom. The highest BCUT2D eigenvalue weighted by atomic mass is 16.5. The number of fused-ring (bicyclic) bond motifs is 1. The Kier molecular flexibility index (Phi) is 6.62. The number of carbonyl (C=O) groups is 1. The van der Waals surface area contributed by atoms with Gasteiger partial charge in [-0.15, -0.1) is 0 Å². The summed E-state index contributed by atoms with van der Waals surface area (Å²) in [7, 11) is 0. The molecule has 2 aromatic carbocycles. The number of rotatable bonds is 2. The van der Waals surface area contributed by atoms with Gasteiger partial charge in [0, 0.05) is 6.54 Å². The van der Waals surface area contributed by atoms with E-state index in [9.17, 15) is 4.79 Å². The first-order valence-corrected chi connectivity index (χ1v) is 8.33. The second-order valence-corrected chi connectivity index (χ2v) is 5.92. The molecule has 0 saturated carbocycles. The molecule has 1 N–H and O–H groups in total. The van der Waals surface area contributed by atoms with E-state index in [2.05, 4.69) is 43.4 Å². The quantitative estimate of drug-likeness (QED) is 0.797. The number of ether oxygens (including phenoxy) is 1. The van der Waals surface area contributed by atoms with Crippen molar-refractivity contribution in [2.45, 2.75) is 33.6 Å². The van der Waals surface area contributed by atoms with Crippen LogP contribution >= 0.6 is 0 Å². The van der Waals surface area contributed by atoms with E-state index < -0.39 is 6.09 Å². The standard InChI is InChI=1S/C12H14.C9H11NO2/c1-9-7-11-5-3-4-6-12(11)8-10(9)2;1-2-10-9(11)12-8-6-4-3-5-7-8/h3-6H,7-8H2,1-2H3;3-7H,2H2,1H3,(H,10,11). The Balaban J connectivity index is 0.000000174. The molecule has 24 heavy (non-hydrogen) atoms. The van der Waals surface area contributed by atoms with Crippen LogP contribution in [0.2, 0.25) is 0 Å². The highest BCUT2D eigenvalue weighted by molar-refractivity contribution is 5.70. The van der Waals surface area contributed by atoms with E-state index in [0.717, 1.165) is 12.8 Å². The molecule has 3 nitrogen and oxygen atoms in total. The Hall–Kier alpha value is -2.55. The van der Waals surface area contributed by atoms with Crippen molar-refractivity contribution in [1.29, 1.82) is 0 Å². The lowest BCUT2D eigenvalue weighted by Crippen LogP contribution is -2.26. The summed E-state index contributed by atoms with van der Waals surface area (Å²) < 4.78 is 4.90. The highest BCUT2D eigenvalue weighted by Crippen LogP contribution is 2.24.